The van der Waals surface area contributed by atoms with Crippen LogP contribution in [0.1, 0.15) is 38.7 Å². The number of hydrogen-bond donors (Lipinski definition) is 1. The third-order valence-corrected chi connectivity index (χ3v) is 5.43. The lowest BCUT2D eigenvalue weighted by Gasteiger charge is -2.35. The molecule has 0 aromatic carbocycles. The first-order valence-corrected chi connectivity index (χ1v) is 9.75. The number of ether oxygens (including phenoxy) is 1. The number of rotatable bonds is 5. The molecule has 0 radical (unpaired) electrons. The van der Waals surface area contributed by atoms with Crippen LogP contribution in [0.2, 0.25) is 0 Å². The second-order valence-corrected chi connectivity index (χ2v) is 8.23. The predicted octanol–water partition coefficient (Wildman–Crippen LogP) is 2.52. The molecule has 0 amide bonds. The van der Waals surface area contributed by atoms with E-state index in [1.165, 1.54) is 18.5 Å². The summed E-state index contributed by atoms with van der Waals surface area (Å²) in [5, 5.41) is 3.68. The standard InChI is InChI=1S/C20H34N4O/c1-20(2)14-17(7-13-25-20)15-21-16-18-6-4-8-22-19(18)24-10-5-9-23(3)11-12-24/h4,6,8,17,21H,5,7,9-16H2,1-3H3. The Morgan fingerprint density at radius 1 is 1.28 bits per heavy atom. The Labute approximate surface area is 152 Å². The van der Waals surface area contributed by atoms with Crippen molar-refractivity contribution in [1.82, 2.24) is 15.2 Å². The minimum absolute atomic E-state index is 0.0299. The first kappa shape index (κ1) is 18.6. The lowest BCUT2D eigenvalue weighted by molar-refractivity contribution is -0.0718. The third-order valence-electron chi connectivity index (χ3n) is 5.43. The van der Waals surface area contributed by atoms with Crippen molar-refractivity contribution >= 4 is 5.82 Å². The largest absolute Gasteiger partial charge is 0.376 e. The second-order valence-electron chi connectivity index (χ2n) is 8.23. The Hall–Kier alpha value is -1.17. The molecule has 5 nitrogen and oxygen atoms in total. The molecule has 1 N–H and O–H groups in total. The average molecular weight is 347 g/mol. The smallest absolute Gasteiger partial charge is 0.133 e. The van der Waals surface area contributed by atoms with Crippen molar-refractivity contribution in [2.75, 3.05) is 51.3 Å². The second kappa shape index (κ2) is 8.47. The van der Waals surface area contributed by atoms with Gasteiger partial charge in [0.25, 0.3) is 0 Å². The van der Waals surface area contributed by atoms with Gasteiger partial charge in [-0.15, -0.1) is 0 Å². The molecular formula is C20H34N4O. The van der Waals surface area contributed by atoms with Gasteiger partial charge in [-0.3, -0.25) is 0 Å². The molecule has 2 fully saturated rings. The van der Waals surface area contributed by atoms with Gasteiger partial charge in [-0.2, -0.15) is 0 Å². The van der Waals surface area contributed by atoms with Gasteiger partial charge in [0.15, 0.2) is 0 Å². The predicted molar refractivity (Wildman–Crippen MR) is 103 cm³/mol. The van der Waals surface area contributed by atoms with Crippen molar-refractivity contribution in [3.63, 3.8) is 0 Å². The minimum Gasteiger partial charge on any atom is -0.376 e. The van der Waals surface area contributed by atoms with Crippen molar-refractivity contribution in [3.05, 3.63) is 23.9 Å². The first-order chi connectivity index (χ1) is 12.0. The highest BCUT2D eigenvalue weighted by molar-refractivity contribution is 5.46. The van der Waals surface area contributed by atoms with Crippen LogP contribution in [0.15, 0.2) is 18.3 Å². The van der Waals surface area contributed by atoms with Crippen LogP contribution in [-0.4, -0.2) is 61.9 Å². The summed E-state index contributed by atoms with van der Waals surface area (Å²) < 4.78 is 5.83. The molecule has 0 spiro atoms. The number of nitrogens with one attached hydrogen (secondary N) is 1. The maximum atomic E-state index is 5.83. The van der Waals surface area contributed by atoms with E-state index in [0.717, 1.165) is 58.0 Å². The van der Waals surface area contributed by atoms with E-state index in [4.69, 9.17) is 9.72 Å². The van der Waals surface area contributed by atoms with Crippen LogP contribution < -0.4 is 10.2 Å². The van der Waals surface area contributed by atoms with E-state index in [1.807, 2.05) is 6.20 Å². The van der Waals surface area contributed by atoms with Crippen molar-refractivity contribution < 1.29 is 4.74 Å². The molecular weight excluding hydrogens is 312 g/mol. The highest BCUT2D eigenvalue weighted by atomic mass is 16.5. The van der Waals surface area contributed by atoms with Crippen LogP contribution in [-0.2, 0) is 11.3 Å². The topological polar surface area (TPSA) is 40.6 Å². The number of pyridine rings is 1. The summed E-state index contributed by atoms with van der Waals surface area (Å²) in [6, 6.07) is 4.28. The van der Waals surface area contributed by atoms with Gasteiger partial charge in [-0.25, -0.2) is 4.98 Å². The van der Waals surface area contributed by atoms with E-state index in [2.05, 4.69) is 48.1 Å². The molecule has 25 heavy (non-hydrogen) atoms. The van der Waals surface area contributed by atoms with Gasteiger partial charge in [-0.05, 0) is 65.2 Å². The van der Waals surface area contributed by atoms with Crippen molar-refractivity contribution in [2.45, 2.75) is 45.3 Å². The van der Waals surface area contributed by atoms with E-state index < -0.39 is 0 Å². The highest BCUT2D eigenvalue weighted by Crippen LogP contribution is 2.28. The molecule has 1 atom stereocenters. The number of anilines is 1. The molecule has 1 aromatic rings. The van der Waals surface area contributed by atoms with Crippen LogP contribution in [0.25, 0.3) is 0 Å². The van der Waals surface area contributed by atoms with E-state index in [9.17, 15) is 0 Å². The summed E-state index contributed by atoms with van der Waals surface area (Å²) in [6.45, 7) is 11.7. The Balaban J connectivity index is 1.56. The van der Waals surface area contributed by atoms with Crippen LogP contribution in [0.4, 0.5) is 5.82 Å². The lowest BCUT2D eigenvalue weighted by Crippen LogP contribution is -2.38. The van der Waals surface area contributed by atoms with Gasteiger partial charge in [-0.1, -0.05) is 6.07 Å². The average Bonchev–Trinajstić information content (AvgIpc) is 2.79. The first-order valence-electron chi connectivity index (χ1n) is 9.75. The Morgan fingerprint density at radius 2 is 2.16 bits per heavy atom. The van der Waals surface area contributed by atoms with Crippen molar-refractivity contribution in [2.24, 2.45) is 5.92 Å². The summed E-state index contributed by atoms with van der Waals surface area (Å²) >= 11 is 0. The molecule has 2 aliphatic rings. The van der Waals surface area contributed by atoms with Crippen LogP contribution >= 0.6 is 0 Å². The third kappa shape index (κ3) is 5.40. The van der Waals surface area contributed by atoms with Gasteiger partial charge in [0.05, 0.1) is 5.60 Å². The van der Waals surface area contributed by atoms with Gasteiger partial charge in [0, 0.05) is 44.5 Å². The van der Waals surface area contributed by atoms with E-state index in [0.29, 0.717) is 5.92 Å². The lowest BCUT2D eigenvalue weighted by atomic mass is 9.88. The summed E-state index contributed by atoms with van der Waals surface area (Å²) in [7, 11) is 2.21. The number of likely N-dealkylation sites (N-methyl/N-ethyl adjacent to an activating group) is 1. The molecule has 0 bridgehead atoms. The molecule has 0 saturated carbocycles. The Morgan fingerprint density at radius 3 is 3.00 bits per heavy atom. The quantitative estimate of drug-likeness (QED) is 0.887. The molecule has 140 valence electrons. The summed E-state index contributed by atoms with van der Waals surface area (Å²) in [5.41, 5.74) is 1.35. The molecule has 1 unspecified atom stereocenters. The zero-order valence-electron chi connectivity index (χ0n) is 16.1. The number of nitrogens with zero attached hydrogens (tertiary/aromatic N) is 3. The summed E-state index contributed by atoms with van der Waals surface area (Å²) in [5.74, 6) is 1.87. The molecule has 1 aromatic heterocycles. The fourth-order valence-corrected chi connectivity index (χ4v) is 4.05. The molecule has 3 heterocycles. The molecule has 2 aliphatic heterocycles. The molecule has 2 saturated heterocycles. The van der Waals surface area contributed by atoms with Crippen LogP contribution in [0, 0.1) is 5.92 Å². The molecule has 3 rings (SSSR count). The van der Waals surface area contributed by atoms with E-state index >= 15 is 0 Å². The normalized spacial score (nSPS) is 24.9. The zero-order valence-corrected chi connectivity index (χ0v) is 16.1. The van der Waals surface area contributed by atoms with E-state index in [-0.39, 0.29) is 5.60 Å². The van der Waals surface area contributed by atoms with Crippen molar-refractivity contribution in [3.8, 4) is 0 Å². The molecule has 0 aliphatic carbocycles. The van der Waals surface area contributed by atoms with Crippen LogP contribution in [0.3, 0.4) is 0 Å². The van der Waals surface area contributed by atoms with Crippen LogP contribution in [0.5, 0.6) is 0 Å². The fraction of sp³-hybridized carbons (Fsp3) is 0.750. The Kier molecular flexibility index (Phi) is 6.31. The minimum atomic E-state index is 0.0299. The maximum Gasteiger partial charge on any atom is 0.133 e. The van der Waals surface area contributed by atoms with Crippen molar-refractivity contribution in [1.29, 1.82) is 0 Å². The SMILES string of the molecule is CN1CCCN(c2ncccc2CNCC2CCOC(C)(C)C2)CC1. The number of aromatic nitrogens is 1. The zero-order chi connectivity index (χ0) is 17.7. The van der Waals surface area contributed by atoms with Gasteiger partial charge in [0.1, 0.15) is 5.82 Å². The summed E-state index contributed by atoms with van der Waals surface area (Å²) in [4.78, 5) is 9.57. The summed E-state index contributed by atoms with van der Waals surface area (Å²) in [6.07, 6.45) is 5.43. The number of hydrogen-bond acceptors (Lipinski definition) is 5. The van der Waals surface area contributed by atoms with Gasteiger partial charge in [0.2, 0.25) is 0 Å². The maximum absolute atomic E-state index is 5.83. The van der Waals surface area contributed by atoms with Gasteiger partial charge >= 0.3 is 0 Å². The molecule has 5 heteroatoms. The van der Waals surface area contributed by atoms with Gasteiger partial charge < -0.3 is 19.9 Å². The Bertz CT molecular complexity index is 548. The monoisotopic (exact) mass is 346 g/mol. The fourth-order valence-electron chi connectivity index (χ4n) is 4.05. The highest BCUT2D eigenvalue weighted by Gasteiger charge is 2.28. The van der Waals surface area contributed by atoms with E-state index in [1.54, 1.807) is 0 Å².